The Kier molecular flexibility index (Phi) is 8.01. The molecule has 2 amide bonds. The van der Waals surface area contributed by atoms with Gasteiger partial charge in [-0.25, -0.2) is 0 Å². The molecule has 1 N–H and O–H groups in total. The van der Waals surface area contributed by atoms with E-state index in [9.17, 15) is 9.59 Å². The molecule has 2 aliphatic rings. The quantitative estimate of drug-likeness (QED) is 0.669. The number of nitrogens with one attached hydrogen (secondary N) is 1. The Morgan fingerprint density at radius 2 is 1.61 bits per heavy atom. The van der Waals surface area contributed by atoms with Crippen LogP contribution >= 0.6 is 0 Å². The molecule has 172 valence electrons. The fraction of sp³-hybridized carbons (Fsp3) is 0.692. The molecular weight excluding hydrogens is 386 g/mol. The molecule has 0 radical (unpaired) electrons. The normalized spacial score (nSPS) is 19.2. The topological polar surface area (TPSA) is 52.7 Å². The first-order valence-corrected chi connectivity index (χ1v) is 12.1. The van der Waals surface area contributed by atoms with Gasteiger partial charge in [0.05, 0.1) is 0 Å². The third kappa shape index (κ3) is 7.26. The molecule has 31 heavy (non-hydrogen) atoms. The predicted octanol–water partition coefficient (Wildman–Crippen LogP) is 5.32. The van der Waals surface area contributed by atoms with Crippen molar-refractivity contribution >= 4 is 23.2 Å². The zero-order chi connectivity index (χ0) is 22.4. The Labute approximate surface area is 188 Å². The zero-order valence-corrected chi connectivity index (χ0v) is 20.0. The number of piperazine rings is 1. The molecular formula is C26H41N3O2. The van der Waals surface area contributed by atoms with Crippen LogP contribution in [-0.4, -0.2) is 42.9 Å². The second kappa shape index (κ2) is 10.5. The van der Waals surface area contributed by atoms with Crippen molar-refractivity contribution in [3.05, 3.63) is 24.3 Å². The average molecular weight is 428 g/mol. The lowest BCUT2D eigenvalue weighted by Crippen LogP contribution is -2.50. The number of nitrogens with zero attached hydrogens (tertiary/aromatic N) is 2. The van der Waals surface area contributed by atoms with Crippen LogP contribution in [0.25, 0.3) is 0 Å². The molecule has 1 saturated carbocycles. The Morgan fingerprint density at radius 1 is 1.00 bits per heavy atom. The number of rotatable bonds is 6. The molecule has 1 atom stereocenters. The van der Waals surface area contributed by atoms with E-state index >= 15 is 0 Å². The van der Waals surface area contributed by atoms with Crippen LogP contribution in [-0.2, 0) is 9.59 Å². The molecule has 1 aliphatic carbocycles. The summed E-state index contributed by atoms with van der Waals surface area (Å²) in [5, 5.41) is 3.04. The first-order chi connectivity index (χ1) is 14.7. The van der Waals surface area contributed by atoms with Crippen molar-refractivity contribution in [3.8, 4) is 0 Å². The van der Waals surface area contributed by atoms with E-state index in [-0.39, 0.29) is 17.2 Å². The van der Waals surface area contributed by atoms with Crippen molar-refractivity contribution in [2.24, 2.45) is 17.3 Å². The van der Waals surface area contributed by atoms with E-state index in [2.05, 4.69) is 54.9 Å². The maximum Gasteiger partial charge on any atom is 0.225 e. The minimum absolute atomic E-state index is 0.0827. The molecule has 1 aliphatic heterocycles. The highest BCUT2D eigenvalue weighted by Gasteiger charge is 2.28. The van der Waals surface area contributed by atoms with Gasteiger partial charge in [-0.15, -0.1) is 0 Å². The predicted molar refractivity (Wildman–Crippen MR) is 128 cm³/mol. The van der Waals surface area contributed by atoms with Crippen LogP contribution in [0, 0.1) is 17.3 Å². The first-order valence-electron chi connectivity index (χ1n) is 12.1. The minimum atomic E-state index is 0.0827. The second-order valence-corrected chi connectivity index (χ2v) is 10.8. The summed E-state index contributed by atoms with van der Waals surface area (Å²) in [6.45, 7) is 12.1. The second-order valence-electron chi connectivity index (χ2n) is 10.8. The Hall–Kier alpha value is -2.04. The van der Waals surface area contributed by atoms with Crippen LogP contribution in [0.4, 0.5) is 11.4 Å². The molecule has 1 aromatic carbocycles. The summed E-state index contributed by atoms with van der Waals surface area (Å²) in [6, 6.07) is 8.13. The Bertz CT molecular complexity index is 724. The summed E-state index contributed by atoms with van der Waals surface area (Å²) < 4.78 is 0. The number of amides is 2. The lowest BCUT2D eigenvalue weighted by molar-refractivity contribution is -0.136. The summed E-state index contributed by atoms with van der Waals surface area (Å²) in [5.74, 6) is 1.08. The van der Waals surface area contributed by atoms with Crippen LogP contribution < -0.4 is 10.2 Å². The van der Waals surface area contributed by atoms with Gasteiger partial charge in [0.15, 0.2) is 0 Å². The van der Waals surface area contributed by atoms with Crippen LogP contribution in [0.1, 0.15) is 72.6 Å². The summed E-state index contributed by atoms with van der Waals surface area (Å²) in [4.78, 5) is 29.5. The molecule has 2 fully saturated rings. The van der Waals surface area contributed by atoms with Gasteiger partial charge in [-0.05, 0) is 54.9 Å². The van der Waals surface area contributed by atoms with E-state index in [0.717, 1.165) is 56.8 Å². The number of carbonyl (C=O) groups excluding carboxylic acids is 2. The van der Waals surface area contributed by atoms with Crippen molar-refractivity contribution in [1.82, 2.24) is 4.90 Å². The number of carbonyl (C=O) groups is 2. The lowest BCUT2D eigenvalue weighted by Gasteiger charge is -2.38. The highest BCUT2D eigenvalue weighted by atomic mass is 16.2. The van der Waals surface area contributed by atoms with Gasteiger partial charge in [-0.3, -0.25) is 9.59 Å². The molecule has 1 saturated heterocycles. The third-order valence-electron chi connectivity index (χ3n) is 6.56. The summed E-state index contributed by atoms with van der Waals surface area (Å²) >= 11 is 0. The standard InChI is InChI=1S/C26H41N3O2/c1-20(19-26(2,3)4)18-24(30)27-22-10-12-23(13-11-22)28-14-16-29(17-15-28)25(31)21-8-6-5-7-9-21/h10-13,20-21H,5-9,14-19H2,1-4H3,(H,27,30)/t20-/m0/s1. The third-order valence-corrected chi connectivity index (χ3v) is 6.56. The van der Waals surface area contributed by atoms with Crippen LogP contribution in [0.5, 0.6) is 0 Å². The van der Waals surface area contributed by atoms with Crippen LogP contribution in [0.3, 0.4) is 0 Å². The van der Waals surface area contributed by atoms with Gasteiger partial charge < -0.3 is 15.1 Å². The highest BCUT2D eigenvalue weighted by Crippen LogP contribution is 2.28. The fourth-order valence-electron chi connectivity index (χ4n) is 5.19. The fourth-order valence-corrected chi connectivity index (χ4v) is 5.19. The van der Waals surface area contributed by atoms with Crippen molar-refractivity contribution in [2.75, 3.05) is 36.4 Å². The molecule has 5 nitrogen and oxygen atoms in total. The summed E-state index contributed by atoms with van der Waals surface area (Å²) in [5.41, 5.74) is 2.25. The maximum atomic E-state index is 12.8. The molecule has 0 spiro atoms. The molecule has 5 heteroatoms. The smallest absolute Gasteiger partial charge is 0.225 e. The van der Waals surface area contributed by atoms with Gasteiger partial charge in [0.2, 0.25) is 11.8 Å². The number of hydrogen-bond acceptors (Lipinski definition) is 3. The van der Waals surface area contributed by atoms with E-state index in [1.165, 1.54) is 19.3 Å². The molecule has 0 unspecified atom stereocenters. The summed E-state index contributed by atoms with van der Waals surface area (Å²) in [6.07, 6.45) is 7.42. The number of anilines is 2. The van der Waals surface area contributed by atoms with Gasteiger partial charge in [0, 0.05) is 49.9 Å². The van der Waals surface area contributed by atoms with Crippen molar-refractivity contribution in [1.29, 1.82) is 0 Å². The monoisotopic (exact) mass is 427 g/mol. The lowest BCUT2D eigenvalue weighted by atomic mass is 9.84. The number of benzene rings is 1. The van der Waals surface area contributed by atoms with E-state index in [4.69, 9.17) is 0 Å². The van der Waals surface area contributed by atoms with Crippen LogP contribution in [0.2, 0.25) is 0 Å². The molecule has 3 rings (SSSR count). The molecule has 0 aromatic heterocycles. The van der Waals surface area contributed by atoms with Gasteiger partial charge in [0.25, 0.3) is 0 Å². The van der Waals surface area contributed by atoms with Gasteiger partial charge in [0.1, 0.15) is 0 Å². The zero-order valence-electron chi connectivity index (χ0n) is 20.0. The van der Waals surface area contributed by atoms with Gasteiger partial charge in [-0.2, -0.15) is 0 Å². The van der Waals surface area contributed by atoms with E-state index in [1.807, 2.05) is 12.1 Å². The largest absolute Gasteiger partial charge is 0.368 e. The maximum absolute atomic E-state index is 12.8. The molecule has 1 heterocycles. The van der Waals surface area contributed by atoms with Crippen molar-refractivity contribution < 1.29 is 9.59 Å². The SMILES string of the molecule is C[C@@H](CC(=O)Nc1ccc(N2CCN(C(=O)C3CCCCC3)CC2)cc1)CC(C)(C)C. The van der Waals surface area contributed by atoms with Gasteiger partial charge >= 0.3 is 0 Å². The summed E-state index contributed by atoms with van der Waals surface area (Å²) in [7, 11) is 0. The van der Waals surface area contributed by atoms with Crippen molar-refractivity contribution in [2.45, 2.75) is 72.6 Å². The van der Waals surface area contributed by atoms with E-state index < -0.39 is 0 Å². The Morgan fingerprint density at radius 3 is 2.19 bits per heavy atom. The average Bonchev–Trinajstić information content (AvgIpc) is 2.73. The van der Waals surface area contributed by atoms with E-state index in [1.54, 1.807) is 0 Å². The Balaban J connectivity index is 1.45. The van der Waals surface area contributed by atoms with E-state index in [0.29, 0.717) is 18.2 Å². The number of hydrogen-bond donors (Lipinski definition) is 1. The highest BCUT2D eigenvalue weighted by molar-refractivity contribution is 5.91. The van der Waals surface area contributed by atoms with Crippen LogP contribution in [0.15, 0.2) is 24.3 Å². The molecule has 1 aromatic rings. The van der Waals surface area contributed by atoms with Crippen molar-refractivity contribution in [3.63, 3.8) is 0 Å². The van der Waals surface area contributed by atoms with Gasteiger partial charge in [-0.1, -0.05) is 47.0 Å². The first kappa shape index (κ1) is 23.6. The molecule has 0 bridgehead atoms. The minimum Gasteiger partial charge on any atom is -0.368 e.